The smallest absolute Gasteiger partial charge is 0.309 e. The van der Waals surface area contributed by atoms with Gasteiger partial charge in [-0.3, -0.25) is 4.79 Å². The molecule has 0 aromatic heterocycles. The van der Waals surface area contributed by atoms with Gasteiger partial charge in [-0.1, -0.05) is 13.8 Å². The summed E-state index contributed by atoms with van der Waals surface area (Å²) in [5.41, 5.74) is -0.510. The second-order valence-corrected chi connectivity index (χ2v) is 6.52. The number of rotatable bonds is 4. The molecular formula is C15H27NO3. The zero-order chi connectivity index (χ0) is 14.0. The van der Waals surface area contributed by atoms with Crippen molar-refractivity contribution in [2.75, 3.05) is 20.3 Å². The van der Waals surface area contributed by atoms with Crippen molar-refractivity contribution in [3.8, 4) is 0 Å². The molecule has 2 atom stereocenters. The lowest BCUT2D eigenvalue weighted by molar-refractivity contribution is -0.151. The van der Waals surface area contributed by atoms with Gasteiger partial charge in [0.2, 0.25) is 0 Å². The highest BCUT2D eigenvalue weighted by Gasteiger charge is 2.49. The van der Waals surface area contributed by atoms with Crippen molar-refractivity contribution in [1.29, 1.82) is 0 Å². The summed E-state index contributed by atoms with van der Waals surface area (Å²) in [5, 5.41) is 9.61. The minimum atomic E-state index is -0.606. The van der Waals surface area contributed by atoms with Crippen LogP contribution in [0, 0.1) is 11.3 Å². The van der Waals surface area contributed by atoms with E-state index in [2.05, 4.69) is 11.9 Å². The molecule has 1 N–H and O–H groups in total. The van der Waals surface area contributed by atoms with Crippen molar-refractivity contribution in [3.63, 3.8) is 0 Å². The number of hydrogen-bond acceptors (Lipinski definition) is 3. The van der Waals surface area contributed by atoms with Gasteiger partial charge in [0.05, 0.1) is 5.41 Å². The number of hydrogen-bond donors (Lipinski definition) is 1. The topological polar surface area (TPSA) is 49.8 Å². The maximum absolute atomic E-state index is 11.7. The highest BCUT2D eigenvalue weighted by molar-refractivity contribution is 5.75. The van der Waals surface area contributed by atoms with Gasteiger partial charge in [-0.05, 0) is 45.1 Å². The van der Waals surface area contributed by atoms with Crippen LogP contribution in [0.3, 0.4) is 0 Å². The van der Waals surface area contributed by atoms with E-state index in [-0.39, 0.29) is 5.92 Å². The molecule has 1 unspecified atom stereocenters. The van der Waals surface area contributed by atoms with Gasteiger partial charge in [0.25, 0.3) is 0 Å². The van der Waals surface area contributed by atoms with E-state index < -0.39 is 11.4 Å². The molecular weight excluding hydrogens is 242 g/mol. The fourth-order valence-electron chi connectivity index (χ4n) is 3.75. The summed E-state index contributed by atoms with van der Waals surface area (Å²) in [7, 11) is 2.17. The Bertz CT molecular complexity index is 325. The maximum Gasteiger partial charge on any atom is 0.309 e. The third-order valence-electron chi connectivity index (χ3n) is 5.40. The highest BCUT2D eigenvalue weighted by atomic mass is 16.5. The molecule has 110 valence electrons. The van der Waals surface area contributed by atoms with Crippen LogP contribution < -0.4 is 0 Å². The molecule has 2 aliphatic rings. The van der Waals surface area contributed by atoms with Crippen molar-refractivity contribution in [2.24, 2.45) is 11.3 Å². The Morgan fingerprint density at radius 3 is 2.37 bits per heavy atom. The van der Waals surface area contributed by atoms with Gasteiger partial charge < -0.3 is 14.7 Å². The lowest BCUT2D eigenvalue weighted by Gasteiger charge is -2.37. The number of ether oxygens (including phenoxy) is 1. The summed E-state index contributed by atoms with van der Waals surface area (Å²) >= 11 is 0. The fourth-order valence-corrected chi connectivity index (χ4v) is 3.75. The Kier molecular flexibility index (Phi) is 4.51. The molecule has 4 nitrogen and oxygen atoms in total. The van der Waals surface area contributed by atoms with Crippen LogP contribution in [0.4, 0.5) is 0 Å². The van der Waals surface area contributed by atoms with Crippen LogP contribution in [0.1, 0.15) is 46.0 Å². The summed E-state index contributed by atoms with van der Waals surface area (Å²) < 4.78 is 5.41. The zero-order valence-corrected chi connectivity index (χ0v) is 12.4. The number of nitrogens with zero attached hydrogens (tertiary/aromatic N) is 1. The van der Waals surface area contributed by atoms with Crippen LogP contribution in [0.5, 0.6) is 0 Å². The minimum absolute atomic E-state index is 0.207. The number of carbonyl (C=O) groups is 1. The first kappa shape index (κ1) is 14.8. The summed E-state index contributed by atoms with van der Waals surface area (Å²) in [6, 6.07) is 0.983. The molecule has 1 saturated carbocycles. The van der Waals surface area contributed by atoms with Gasteiger partial charge >= 0.3 is 5.97 Å². The van der Waals surface area contributed by atoms with Gasteiger partial charge in [-0.25, -0.2) is 0 Å². The molecule has 0 aromatic rings. The molecule has 2 fully saturated rings. The Morgan fingerprint density at radius 2 is 1.89 bits per heavy atom. The van der Waals surface area contributed by atoms with E-state index in [1.165, 1.54) is 0 Å². The standard InChI is InChI=1S/C15H27NO3/c1-11(2)15(14(17)18)7-4-13(10-15)16(3)12-5-8-19-9-6-12/h11-13H,4-10H2,1-3H3,(H,17,18)/t13?,15-/m0/s1. The van der Waals surface area contributed by atoms with E-state index in [9.17, 15) is 9.90 Å². The number of aliphatic carboxylic acids is 1. The molecule has 1 heterocycles. The summed E-state index contributed by atoms with van der Waals surface area (Å²) in [5.74, 6) is -0.400. The largest absolute Gasteiger partial charge is 0.481 e. The van der Waals surface area contributed by atoms with Crippen LogP contribution in [0.2, 0.25) is 0 Å². The maximum atomic E-state index is 11.7. The summed E-state index contributed by atoms with van der Waals surface area (Å²) in [4.78, 5) is 14.1. The van der Waals surface area contributed by atoms with Crippen molar-refractivity contribution in [1.82, 2.24) is 4.90 Å². The van der Waals surface area contributed by atoms with E-state index >= 15 is 0 Å². The Morgan fingerprint density at radius 1 is 1.26 bits per heavy atom. The molecule has 0 aromatic carbocycles. The third-order valence-corrected chi connectivity index (χ3v) is 5.40. The molecule has 0 amide bonds. The van der Waals surface area contributed by atoms with Gasteiger partial charge in [0, 0.05) is 25.3 Å². The first-order valence-corrected chi connectivity index (χ1v) is 7.50. The first-order chi connectivity index (χ1) is 8.97. The molecule has 0 bridgehead atoms. The summed E-state index contributed by atoms with van der Waals surface area (Å²) in [6.07, 6.45) is 4.79. The predicted molar refractivity (Wildman–Crippen MR) is 74.1 cm³/mol. The van der Waals surface area contributed by atoms with Crippen LogP contribution in [0.25, 0.3) is 0 Å². The fraction of sp³-hybridized carbons (Fsp3) is 0.933. The molecule has 19 heavy (non-hydrogen) atoms. The second-order valence-electron chi connectivity index (χ2n) is 6.52. The summed E-state index contributed by atoms with van der Waals surface area (Å²) in [6.45, 7) is 5.78. The van der Waals surface area contributed by atoms with E-state index in [0.29, 0.717) is 12.1 Å². The predicted octanol–water partition coefficient (Wildman–Crippen LogP) is 2.38. The van der Waals surface area contributed by atoms with Crippen LogP contribution in [-0.2, 0) is 9.53 Å². The lowest BCUT2D eigenvalue weighted by Crippen LogP contribution is -2.43. The van der Waals surface area contributed by atoms with Crippen LogP contribution in [0.15, 0.2) is 0 Å². The van der Waals surface area contributed by atoms with Gasteiger partial charge in [-0.2, -0.15) is 0 Å². The van der Waals surface area contributed by atoms with Crippen molar-refractivity contribution >= 4 is 5.97 Å². The Labute approximate surface area is 116 Å². The van der Waals surface area contributed by atoms with Gasteiger partial charge in [0.15, 0.2) is 0 Å². The molecule has 2 rings (SSSR count). The zero-order valence-electron chi connectivity index (χ0n) is 12.4. The monoisotopic (exact) mass is 269 g/mol. The van der Waals surface area contributed by atoms with Crippen molar-refractivity contribution in [3.05, 3.63) is 0 Å². The molecule has 0 spiro atoms. The molecule has 0 radical (unpaired) electrons. The molecule has 1 aliphatic heterocycles. The minimum Gasteiger partial charge on any atom is -0.481 e. The van der Waals surface area contributed by atoms with E-state index in [0.717, 1.165) is 45.3 Å². The Balaban J connectivity index is 2.02. The third kappa shape index (κ3) is 2.79. The van der Waals surface area contributed by atoms with Crippen LogP contribution in [-0.4, -0.2) is 48.3 Å². The normalized spacial score (nSPS) is 33.2. The Hall–Kier alpha value is -0.610. The number of carboxylic acids is 1. The quantitative estimate of drug-likeness (QED) is 0.851. The molecule has 1 aliphatic carbocycles. The van der Waals surface area contributed by atoms with E-state index in [1.54, 1.807) is 0 Å². The second kappa shape index (κ2) is 5.80. The lowest BCUT2D eigenvalue weighted by atomic mass is 9.75. The van der Waals surface area contributed by atoms with Crippen LogP contribution >= 0.6 is 0 Å². The average Bonchev–Trinajstić information content (AvgIpc) is 2.85. The average molecular weight is 269 g/mol. The number of carboxylic acid groups (broad SMARTS) is 1. The van der Waals surface area contributed by atoms with Gasteiger partial charge in [0.1, 0.15) is 0 Å². The van der Waals surface area contributed by atoms with E-state index in [4.69, 9.17) is 4.74 Å². The van der Waals surface area contributed by atoms with E-state index in [1.807, 2.05) is 13.8 Å². The highest BCUT2D eigenvalue weighted by Crippen LogP contribution is 2.46. The molecule has 1 saturated heterocycles. The molecule has 4 heteroatoms. The van der Waals surface area contributed by atoms with Gasteiger partial charge in [-0.15, -0.1) is 0 Å². The van der Waals surface area contributed by atoms with Crippen molar-refractivity contribution < 1.29 is 14.6 Å². The van der Waals surface area contributed by atoms with Crippen molar-refractivity contribution in [2.45, 2.75) is 58.0 Å². The first-order valence-electron chi connectivity index (χ1n) is 7.50. The SMILES string of the molecule is CC(C)[C@]1(C(=O)O)CCC(N(C)C2CCOCC2)C1.